The molecule has 1 aromatic rings. The van der Waals surface area contributed by atoms with E-state index in [1.807, 2.05) is 0 Å². The van der Waals surface area contributed by atoms with Crippen LogP contribution < -0.4 is 10.6 Å². The number of urea groups is 1. The molecule has 1 aromatic carbocycles. The van der Waals surface area contributed by atoms with Gasteiger partial charge in [0.15, 0.2) is 0 Å². The lowest BCUT2D eigenvalue weighted by Crippen LogP contribution is -2.40. The molecule has 5 nitrogen and oxygen atoms in total. The maximum absolute atomic E-state index is 13.6. The molecule has 23 heavy (non-hydrogen) atoms. The summed E-state index contributed by atoms with van der Waals surface area (Å²) >= 11 is 0. The highest BCUT2D eigenvalue weighted by Gasteiger charge is 2.17. The average Bonchev–Trinajstić information content (AvgIpc) is 3.02. The minimum atomic E-state index is -0.330. The van der Waals surface area contributed by atoms with Gasteiger partial charge in [0.1, 0.15) is 5.82 Å². The van der Waals surface area contributed by atoms with Crippen molar-refractivity contribution in [2.24, 2.45) is 0 Å². The third-order valence-electron chi connectivity index (χ3n) is 4.06. The van der Waals surface area contributed by atoms with Gasteiger partial charge in [-0.15, -0.1) is 0 Å². The molecule has 0 spiro atoms. The third kappa shape index (κ3) is 5.54. The van der Waals surface area contributed by atoms with Crippen LogP contribution in [-0.4, -0.2) is 36.5 Å². The maximum atomic E-state index is 13.6. The second kappa shape index (κ2) is 8.50. The number of hydrogen-bond donors (Lipinski definition) is 2. The molecule has 3 amide bonds. The first-order valence-corrected chi connectivity index (χ1v) is 8.08. The van der Waals surface area contributed by atoms with Crippen molar-refractivity contribution < 1.29 is 14.0 Å². The third-order valence-corrected chi connectivity index (χ3v) is 4.06. The zero-order valence-corrected chi connectivity index (χ0v) is 13.5. The van der Waals surface area contributed by atoms with E-state index in [1.54, 1.807) is 25.2 Å². The fourth-order valence-electron chi connectivity index (χ4n) is 2.74. The number of rotatable bonds is 6. The second-order valence-corrected chi connectivity index (χ2v) is 5.98. The number of carbonyl (C=O) groups is 2. The Balaban J connectivity index is 1.67. The predicted octanol–water partition coefficient (Wildman–Crippen LogP) is 2.42. The predicted molar refractivity (Wildman–Crippen MR) is 86.3 cm³/mol. The van der Waals surface area contributed by atoms with Crippen LogP contribution in [0.1, 0.15) is 37.7 Å². The van der Waals surface area contributed by atoms with Gasteiger partial charge in [-0.3, -0.25) is 4.79 Å². The number of halogens is 1. The summed E-state index contributed by atoms with van der Waals surface area (Å²) in [6, 6.07) is 6.34. The Morgan fingerprint density at radius 3 is 2.65 bits per heavy atom. The molecule has 0 bridgehead atoms. The molecule has 0 unspecified atom stereocenters. The van der Waals surface area contributed by atoms with Crippen LogP contribution in [-0.2, 0) is 11.3 Å². The summed E-state index contributed by atoms with van der Waals surface area (Å²) in [5.74, 6) is -0.364. The molecule has 0 heterocycles. The van der Waals surface area contributed by atoms with E-state index < -0.39 is 0 Å². The van der Waals surface area contributed by atoms with E-state index in [1.165, 1.54) is 23.8 Å². The fourth-order valence-corrected chi connectivity index (χ4v) is 2.74. The molecule has 1 saturated carbocycles. The van der Waals surface area contributed by atoms with Gasteiger partial charge in [0.2, 0.25) is 5.91 Å². The minimum Gasteiger partial charge on any atom is -0.353 e. The summed E-state index contributed by atoms with van der Waals surface area (Å²) in [5.41, 5.74) is 0.462. The van der Waals surface area contributed by atoms with E-state index in [2.05, 4.69) is 10.6 Å². The molecular weight excluding hydrogens is 297 g/mol. The number of hydrogen-bond acceptors (Lipinski definition) is 2. The molecule has 2 N–H and O–H groups in total. The lowest BCUT2D eigenvalue weighted by atomic mass is 10.2. The first-order valence-electron chi connectivity index (χ1n) is 8.08. The lowest BCUT2D eigenvalue weighted by Gasteiger charge is -2.18. The number of nitrogens with zero attached hydrogens (tertiary/aromatic N) is 1. The van der Waals surface area contributed by atoms with E-state index in [-0.39, 0.29) is 37.3 Å². The Bertz CT molecular complexity index is 544. The normalized spacial score (nSPS) is 14.5. The SMILES string of the molecule is CN(Cc1ccccc1F)C(=O)NCCC(=O)NC1CCCC1. The van der Waals surface area contributed by atoms with E-state index in [9.17, 15) is 14.0 Å². The summed E-state index contributed by atoms with van der Waals surface area (Å²) in [7, 11) is 1.60. The highest BCUT2D eigenvalue weighted by atomic mass is 19.1. The van der Waals surface area contributed by atoms with Crippen molar-refractivity contribution in [3.63, 3.8) is 0 Å². The molecule has 0 aromatic heterocycles. The Hall–Kier alpha value is -2.11. The molecule has 1 fully saturated rings. The highest BCUT2D eigenvalue weighted by Crippen LogP contribution is 2.17. The molecule has 0 saturated heterocycles. The van der Waals surface area contributed by atoms with Gasteiger partial charge in [0.05, 0.1) is 0 Å². The summed E-state index contributed by atoms with van der Waals surface area (Å²) < 4.78 is 13.6. The fraction of sp³-hybridized carbons (Fsp3) is 0.529. The van der Waals surface area contributed by atoms with Crippen molar-refractivity contribution in [3.8, 4) is 0 Å². The quantitative estimate of drug-likeness (QED) is 0.845. The Kier molecular flexibility index (Phi) is 6.38. The van der Waals surface area contributed by atoms with E-state index in [4.69, 9.17) is 0 Å². The van der Waals surface area contributed by atoms with Crippen molar-refractivity contribution in [3.05, 3.63) is 35.6 Å². The van der Waals surface area contributed by atoms with Crippen molar-refractivity contribution in [1.82, 2.24) is 15.5 Å². The van der Waals surface area contributed by atoms with E-state index in [0.717, 1.165) is 12.8 Å². The maximum Gasteiger partial charge on any atom is 0.317 e. The number of amides is 3. The van der Waals surface area contributed by atoms with Crippen molar-refractivity contribution in [2.75, 3.05) is 13.6 Å². The minimum absolute atomic E-state index is 0.0334. The average molecular weight is 321 g/mol. The Labute approximate surface area is 136 Å². The summed E-state index contributed by atoms with van der Waals surface area (Å²) in [6.45, 7) is 0.464. The van der Waals surface area contributed by atoms with Gasteiger partial charge in [0, 0.05) is 38.2 Å². The number of nitrogens with one attached hydrogen (secondary N) is 2. The first kappa shape index (κ1) is 17.2. The molecule has 2 rings (SSSR count). The van der Waals surface area contributed by atoms with Crippen LogP contribution in [0.2, 0.25) is 0 Å². The molecule has 1 aliphatic carbocycles. The molecular formula is C17H24FN3O2. The van der Waals surface area contributed by atoms with Crippen LogP contribution >= 0.6 is 0 Å². The molecule has 0 aliphatic heterocycles. The van der Waals surface area contributed by atoms with Crippen molar-refractivity contribution in [1.29, 1.82) is 0 Å². The van der Waals surface area contributed by atoms with Crippen LogP contribution in [0.4, 0.5) is 9.18 Å². The topological polar surface area (TPSA) is 61.4 Å². The molecule has 0 atom stereocenters. The van der Waals surface area contributed by atoms with Gasteiger partial charge in [0.25, 0.3) is 0 Å². The van der Waals surface area contributed by atoms with Crippen molar-refractivity contribution in [2.45, 2.75) is 44.7 Å². The van der Waals surface area contributed by atoms with E-state index >= 15 is 0 Å². The van der Waals surface area contributed by atoms with Crippen LogP contribution in [0.25, 0.3) is 0 Å². The van der Waals surface area contributed by atoms with Crippen LogP contribution in [0.5, 0.6) is 0 Å². The van der Waals surface area contributed by atoms with Gasteiger partial charge in [-0.2, -0.15) is 0 Å². The van der Waals surface area contributed by atoms with E-state index in [0.29, 0.717) is 11.6 Å². The van der Waals surface area contributed by atoms with Crippen LogP contribution in [0.15, 0.2) is 24.3 Å². The molecule has 1 aliphatic rings. The number of carbonyl (C=O) groups excluding carboxylic acids is 2. The number of benzene rings is 1. The van der Waals surface area contributed by atoms with Crippen molar-refractivity contribution >= 4 is 11.9 Å². The monoisotopic (exact) mass is 321 g/mol. The first-order chi connectivity index (χ1) is 11.1. The standard InChI is InChI=1S/C17H24FN3O2/c1-21(12-13-6-2-5-9-15(13)18)17(23)19-11-10-16(22)20-14-7-3-4-8-14/h2,5-6,9,14H,3-4,7-8,10-12H2,1H3,(H,19,23)(H,20,22). The van der Waals surface area contributed by atoms with Crippen LogP contribution in [0.3, 0.4) is 0 Å². The smallest absolute Gasteiger partial charge is 0.317 e. The van der Waals surface area contributed by atoms with Gasteiger partial charge in [-0.25, -0.2) is 9.18 Å². The van der Waals surface area contributed by atoms with Gasteiger partial charge in [-0.05, 0) is 18.9 Å². The van der Waals surface area contributed by atoms with Crippen LogP contribution in [0, 0.1) is 5.82 Å². The summed E-state index contributed by atoms with van der Waals surface area (Å²) in [5, 5.41) is 5.66. The summed E-state index contributed by atoms with van der Waals surface area (Å²) in [6.07, 6.45) is 4.69. The zero-order chi connectivity index (χ0) is 16.7. The summed E-state index contributed by atoms with van der Waals surface area (Å²) in [4.78, 5) is 25.1. The molecule has 0 radical (unpaired) electrons. The zero-order valence-electron chi connectivity index (χ0n) is 13.5. The largest absolute Gasteiger partial charge is 0.353 e. The Morgan fingerprint density at radius 1 is 1.26 bits per heavy atom. The Morgan fingerprint density at radius 2 is 1.96 bits per heavy atom. The second-order valence-electron chi connectivity index (χ2n) is 5.98. The highest BCUT2D eigenvalue weighted by molar-refractivity contribution is 5.78. The lowest BCUT2D eigenvalue weighted by molar-refractivity contribution is -0.121. The van der Waals surface area contributed by atoms with Gasteiger partial charge in [-0.1, -0.05) is 31.0 Å². The molecule has 126 valence electrons. The molecule has 6 heteroatoms. The van der Waals surface area contributed by atoms with Gasteiger partial charge >= 0.3 is 6.03 Å². The van der Waals surface area contributed by atoms with Gasteiger partial charge < -0.3 is 15.5 Å².